The third-order valence-electron chi connectivity index (χ3n) is 3.51. The number of likely N-dealkylation sites (N-methyl/N-ethyl adjacent to an activating group) is 1. The molecule has 0 unspecified atom stereocenters. The average molecular weight is 196 g/mol. The molecule has 81 valence electrons. The highest BCUT2D eigenvalue weighted by molar-refractivity contribution is 4.79. The molecule has 0 N–H and O–H groups in total. The average Bonchev–Trinajstić information content (AvgIpc) is 2.44. The third-order valence-corrected chi connectivity index (χ3v) is 3.51. The number of hydrogen-bond donors (Lipinski definition) is 0. The number of hydrogen-bond acceptors (Lipinski definition) is 2. The molecule has 2 rings (SSSR count). The van der Waals surface area contributed by atoms with E-state index in [1.807, 2.05) is 0 Å². The van der Waals surface area contributed by atoms with Gasteiger partial charge in [-0.05, 0) is 39.4 Å². The van der Waals surface area contributed by atoms with Gasteiger partial charge in [0.25, 0.3) is 0 Å². The second-order valence-corrected chi connectivity index (χ2v) is 4.59. The fourth-order valence-corrected chi connectivity index (χ4v) is 2.53. The van der Waals surface area contributed by atoms with Crippen molar-refractivity contribution in [2.75, 3.05) is 46.3 Å². The molecule has 3 heteroatoms. The van der Waals surface area contributed by atoms with E-state index in [1.54, 1.807) is 0 Å². The molecule has 2 heterocycles. The molecule has 0 spiro atoms. The molecule has 0 atom stereocenters. The largest absolute Gasteiger partial charge is 0.305 e. The number of rotatable bonds is 1. The van der Waals surface area contributed by atoms with Crippen LogP contribution in [0.25, 0.3) is 0 Å². The first kappa shape index (κ1) is 10.4. The van der Waals surface area contributed by atoms with E-state index in [2.05, 4.69) is 22.2 Å². The first-order valence-electron chi connectivity index (χ1n) is 5.92. The van der Waals surface area contributed by atoms with E-state index in [9.17, 15) is 0 Å². The molecule has 0 aromatic rings. The summed E-state index contributed by atoms with van der Waals surface area (Å²) < 4.78 is 0. The van der Waals surface area contributed by atoms with Crippen molar-refractivity contribution in [3.63, 3.8) is 0 Å². The smallest absolute Gasteiger partial charge is 0.0148 e. The lowest BCUT2D eigenvalue weighted by molar-refractivity contribution is 0.166. The molecular weight excluding hydrogens is 174 g/mol. The van der Waals surface area contributed by atoms with Gasteiger partial charge < -0.3 is 4.90 Å². The lowest BCUT2D eigenvalue weighted by Gasteiger charge is -2.33. The van der Waals surface area contributed by atoms with Crippen LogP contribution in [0.4, 0.5) is 0 Å². The van der Waals surface area contributed by atoms with Crippen LogP contribution in [0.15, 0.2) is 0 Å². The fraction of sp³-hybridized carbons (Fsp3) is 1.00. The standard InChI is InChI=1S/C11H22N3/c1-13-7-2-8-14(10-9-13)11-3-5-12-6-4-11/h11H,2-10H2,1H3. The van der Waals surface area contributed by atoms with E-state index in [1.165, 1.54) is 45.4 Å². The quantitative estimate of drug-likeness (QED) is 0.605. The molecule has 0 saturated carbocycles. The van der Waals surface area contributed by atoms with Crippen molar-refractivity contribution in [3.05, 3.63) is 0 Å². The highest BCUT2D eigenvalue weighted by atomic mass is 15.2. The first-order chi connectivity index (χ1) is 6.86. The summed E-state index contributed by atoms with van der Waals surface area (Å²) in [6.45, 7) is 7.27. The lowest BCUT2D eigenvalue weighted by atomic mass is 10.0. The van der Waals surface area contributed by atoms with Crippen molar-refractivity contribution in [1.82, 2.24) is 15.1 Å². The Balaban J connectivity index is 1.83. The van der Waals surface area contributed by atoms with Gasteiger partial charge in [-0.25, -0.2) is 5.32 Å². The molecule has 0 amide bonds. The predicted octanol–water partition coefficient (Wildman–Crippen LogP) is 0.391. The molecule has 2 aliphatic heterocycles. The molecule has 3 nitrogen and oxygen atoms in total. The van der Waals surface area contributed by atoms with Gasteiger partial charge in [0.2, 0.25) is 0 Å². The summed E-state index contributed by atoms with van der Waals surface area (Å²) in [6, 6.07) is 0.832. The molecule has 2 saturated heterocycles. The Morgan fingerprint density at radius 1 is 1.00 bits per heavy atom. The number of piperidine rings is 1. The highest BCUT2D eigenvalue weighted by Crippen LogP contribution is 2.14. The Morgan fingerprint density at radius 2 is 1.79 bits per heavy atom. The van der Waals surface area contributed by atoms with Crippen LogP contribution >= 0.6 is 0 Å². The zero-order chi connectivity index (χ0) is 9.80. The van der Waals surface area contributed by atoms with Gasteiger partial charge in [-0.1, -0.05) is 0 Å². The topological polar surface area (TPSA) is 20.6 Å². The van der Waals surface area contributed by atoms with Gasteiger partial charge in [0, 0.05) is 32.2 Å². The van der Waals surface area contributed by atoms with Crippen molar-refractivity contribution in [1.29, 1.82) is 0 Å². The summed E-state index contributed by atoms with van der Waals surface area (Å²) in [4.78, 5) is 5.14. The summed E-state index contributed by atoms with van der Waals surface area (Å²) in [5.74, 6) is 0. The van der Waals surface area contributed by atoms with E-state index in [-0.39, 0.29) is 0 Å². The SMILES string of the molecule is CN1CCCN(C2CC[N]CC2)CC1. The summed E-state index contributed by atoms with van der Waals surface area (Å²) in [7, 11) is 2.24. The Kier molecular flexibility index (Phi) is 3.79. The summed E-state index contributed by atoms with van der Waals surface area (Å²) >= 11 is 0. The monoisotopic (exact) mass is 196 g/mol. The van der Waals surface area contributed by atoms with Gasteiger partial charge in [0.15, 0.2) is 0 Å². The fourth-order valence-electron chi connectivity index (χ4n) is 2.53. The van der Waals surface area contributed by atoms with Gasteiger partial charge in [-0.3, -0.25) is 4.90 Å². The van der Waals surface area contributed by atoms with Gasteiger partial charge in [0.1, 0.15) is 0 Å². The van der Waals surface area contributed by atoms with Crippen LogP contribution in [0.5, 0.6) is 0 Å². The molecule has 2 fully saturated rings. The normalized spacial score (nSPS) is 28.9. The maximum Gasteiger partial charge on any atom is 0.0148 e. The Labute approximate surface area is 87.4 Å². The van der Waals surface area contributed by atoms with Gasteiger partial charge in [-0.15, -0.1) is 0 Å². The maximum atomic E-state index is 4.42. The molecule has 0 aromatic heterocycles. The Morgan fingerprint density at radius 3 is 2.57 bits per heavy atom. The van der Waals surface area contributed by atoms with Crippen molar-refractivity contribution >= 4 is 0 Å². The van der Waals surface area contributed by atoms with Crippen LogP contribution in [-0.2, 0) is 0 Å². The minimum Gasteiger partial charge on any atom is -0.305 e. The van der Waals surface area contributed by atoms with Crippen LogP contribution in [0.1, 0.15) is 19.3 Å². The van der Waals surface area contributed by atoms with Crippen molar-refractivity contribution in [3.8, 4) is 0 Å². The highest BCUT2D eigenvalue weighted by Gasteiger charge is 2.22. The van der Waals surface area contributed by atoms with Crippen molar-refractivity contribution < 1.29 is 0 Å². The maximum absolute atomic E-state index is 4.42. The molecule has 0 bridgehead atoms. The lowest BCUT2D eigenvalue weighted by Crippen LogP contribution is -2.42. The second-order valence-electron chi connectivity index (χ2n) is 4.59. The van der Waals surface area contributed by atoms with E-state index in [0.29, 0.717) is 0 Å². The molecule has 1 radical (unpaired) electrons. The third kappa shape index (κ3) is 2.69. The summed E-state index contributed by atoms with van der Waals surface area (Å²) in [5, 5.41) is 4.42. The molecular formula is C11H22N3. The molecule has 0 aliphatic carbocycles. The minimum atomic E-state index is 0.832. The summed E-state index contributed by atoms with van der Waals surface area (Å²) in [6.07, 6.45) is 3.93. The zero-order valence-corrected chi connectivity index (χ0v) is 9.28. The van der Waals surface area contributed by atoms with Gasteiger partial charge >= 0.3 is 0 Å². The van der Waals surface area contributed by atoms with Gasteiger partial charge in [-0.2, -0.15) is 0 Å². The van der Waals surface area contributed by atoms with Crippen molar-refractivity contribution in [2.45, 2.75) is 25.3 Å². The molecule has 14 heavy (non-hydrogen) atoms. The number of nitrogens with zero attached hydrogens (tertiary/aromatic N) is 3. The summed E-state index contributed by atoms with van der Waals surface area (Å²) in [5.41, 5.74) is 0. The molecule has 2 aliphatic rings. The Hall–Kier alpha value is -0.120. The van der Waals surface area contributed by atoms with Crippen molar-refractivity contribution in [2.24, 2.45) is 0 Å². The predicted molar refractivity (Wildman–Crippen MR) is 58.6 cm³/mol. The van der Waals surface area contributed by atoms with E-state index < -0.39 is 0 Å². The molecule has 0 aromatic carbocycles. The van der Waals surface area contributed by atoms with Gasteiger partial charge in [0.05, 0.1) is 0 Å². The van der Waals surface area contributed by atoms with Crippen LogP contribution in [-0.4, -0.2) is 62.2 Å². The second kappa shape index (κ2) is 5.10. The van der Waals surface area contributed by atoms with Crippen LogP contribution in [0.2, 0.25) is 0 Å². The van der Waals surface area contributed by atoms with E-state index in [4.69, 9.17) is 0 Å². The Bertz CT molecular complexity index is 166. The minimum absolute atomic E-state index is 0.832. The first-order valence-corrected chi connectivity index (χ1v) is 5.92. The van der Waals surface area contributed by atoms with E-state index >= 15 is 0 Å². The zero-order valence-electron chi connectivity index (χ0n) is 9.28. The van der Waals surface area contributed by atoms with Crippen LogP contribution < -0.4 is 5.32 Å². The van der Waals surface area contributed by atoms with Crippen LogP contribution in [0.3, 0.4) is 0 Å². The van der Waals surface area contributed by atoms with Crippen LogP contribution in [0, 0.1) is 0 Å². The van der Waals surface area contributed by atoms with E-state index in [0.717, 1.165) is 19.1 Å².